The van der Waals surface area contributed by atoms with Gasteiger partial charge < -0.3 is 5.32 Å². The van der Waals surface area contributed by atoms with Crippen molar-refractivity contribution in [2.45, 2.75) is 18.4 Å². The number of carbonyl (C=O) groups excluding carboxylic acids is 1. The number of aromatic nitrogens is 2. The van der Waals surface area contributed by atoms with E-state index in [1.807, 2.05) is 6.07 Å². The molecule has 2 aromatic carbocycles. The van der Waals surface area contributed by atoms with E-state index in [1.165, 1.54) is 16.7 Å². The molecule has 0 fully saturated rings. The first-order chi connectivity index (χ1) is 12.1. The van der Waals surface area contributed by atoms with Gasteiger partial charge in [0, 0.05) is 22.6 Å². The molecule has 0 aliphatic rings. The molecule has 6 heteroatoms. The second-order valence-corrected chi connectivity index (χ2v) is 6.86. The molecule has 1 heterocycles. The number of hydrogen-bond donors (Lipinski definition) is 1. The number of thioether (sulfide) groups is 1. The summed E-state index contributed by atoms with van der Waals surface area (Å²) in [4.78, 5) is 25.1. The van der Waals surface area contributed by atoms with Gasteiger partial charge in [-0.05, 0) is 31.2 Å². The van der Waals surface area contributed by atoms with Gasteiger partial charge in [-0.15, -0.1) is 11.8 Å². The Kier molecular flexibility index (Phi) is 5.50. The summed E-state index contributed by atoms with van der Waals surface area (Å²) in [6.45, 7) is 2.73. The van der Waals surface area contributed by atoms with Gasteiger partial charge in [0.15, 0.2) is 0 Å². The Balaban J connectivity index is 1.54. The summed E-state index contributed by atoms with van der Waals surface area (Å²) in [5, 5.41) is 7.53. The Labute approximate surface area is 150 Å². The average molecular weight is 353 g/mol. The normalized spacial score (nSPS) is 10.8. The zero-order valence-corrected chi connectivity index (χ0v) is 14.8. The third kappa shape index (κ3) is 4.48. The largest absolute Gasteiger partial charge is 0.354 e. The van der Waals surface area contributed by atoms with Crippen LogP contribution in [0.15, 0.2) is 64.4 Å². The van der Waals surface area contributed by atoms with Gasteiger partial charge in [0.2, 0.25) is 11.3 Å². The number of nitrogens with one attached hydrogen (secondary N) is 1. The Bertz CT molecular complexity index is 935. The van der Waals surface area contributed by atoms with Crippen LogP contribution in [-0.2, 0) is 11.3 Å². The van der Waals surface area contributed by atoms with Gasteiger partial charge >= 0.3 is 0 Å². The van der Waals surface area contributed by atoms with E-state index in [0.717, 1.165) is 5.75 Å². The van der Waals surface area contributed by atoms with E-state index in [1.54, 1.807) is 34.6 Å². The van der Waals surface area contributed by atoms with E-state index >= 15 is 0 Å². The van der Waals surface area contributed by atoms with Gasteiger partial charge in [0.1, 0.15) is 6.54 Å². The fourth-order valence-electron chi connectivity index (χ4n) is 2.47. The number of amides is 1. The molecule has 0 unspecified atom stereocenters. The molecule has 0 bridgehead atoms. The van der Waals surface area contributed by atoms with Gasteiger partial charge in [-0.3, -0.25) is 14.3 Å². The molecule has 1 aromatic heterocycles. The smallest absolute Gasteiger partial charge is 0.241 e. The summed E-state index contributed by atoms with van der Waals surface area (Å²) in [6, 6.07) is 15.5. The van der Waals surface area contributed by atoms with E-state index in [9.17, 15) is 9.59 Å². The highest BCUT2D eigenvalue weighted by Gasteiger charge is 2.07. The van der Waals surface area contributed by atoms with Crippen molar-refractivity contribution in [1.82, 2.24) is 15.1 Å². The predicted octanol–water partition coefficient (Wildman–Crippen LogP) is 2.61. The molecule has 3 aromatic rings. The zero-order chi connectivity index (χ0) is 17.6. The monoisotopic (exact) mass is 353 g/mol. The molecule has 0 spiro atoms. The van der Waals surface area contributed by atoms with Crippen molar-refractivity contribution in [3.63, 3.8) is 0 Å². The molecule has 5 nitrogen and oxygen atoms in total. The molecular weight excluding hydrogens is 334 g/mol. The quantitative estimate of drug-likeness (QED) is 0.546. The topological polar surface area (TPSA) is 64.0 Å². The SMILES string of the molecule is Cc1ccc(SCCNC(=O)Cn2ncc(=O)c3ccccc32)cc1. The van der Waals surface area contributed by atoms with Gasteiger partial charge in [0.25, 0.3) is 0 Å². The number of fused-ring (bicyclic) bond motifs is 1. The van der Waals surface area contributed by atoms with E-state index in [0.29, 0.717) is 17.4 Å². The molecule has 3 rings (SSSR count). The Morgan fingerprint density at radius 2 is 1.92 bits per heavy atom. The summed E-state index contributed by atoms with van der Waals surface area (Å²) in [6.07, 6.45) is 1.25. The summed E-state index contributed by atoms with van der Waals surface area (Å²) in [5.74, 6) is 0.679. The molecule has 0 aliphatic carbocycles. The van der Waals surface area contributed by atoms with Crippen LogP contribution in [-0.4, -0.2) is 28.0 Å². The van der Waals surface area contributed by atoms with E-state index in [2.05, 4.69) is 41.6 Å². The molecule has 1 amide bonds. The van der Waals surface area contributed by atoms with Crippen LogP contribution in [0.25, 0.3) is 10.9 Å². The maximum Gasteiger partial charge on any atom is 0.241 e. The van der Waals surface area contributed by atoms with Crippen LogP contribution in [0.3, 0.4) is 0 Å². The third-order valence-electron chi connectivity index (χ3n) is 3.77. The Morgan fingerprint density at radius 1 is 1.16 bits per heavy atom. The molecule has 0 saturated carbocycles. The van der Waals surface area contributed by atoms with Crippen molar-refractivity contribution in [3.8, 4) is 0 Å². The molecule has 1 N–H and O–H groups in total. The van der Waals surface area contributed by atoms with Crippen molar-refractivity contribution < 1.29 is 4.79 Å². The highest BCUT2D eigenvalue weighted by Crippen LogP contribution is 2.17. The molecule has 0 aliphatic heterocycles. The van der Waals surface area contributed by atoms with E-state index in [-0.39, 0.29) is 17.9 Å². The van der Waals surface area contributed by atoms with Gasteiger partial charge in [0.05, 0.1) is 11.7 Å². The fourth-order valence-corrected chi connectivity index (χ4v) is 3.24. The molecule has 0 saturated heterocycles. The fraction of sp³-hybridized carbons (Fsp3) is 0.211. The predicted molar refractivity (Wildman–Crippen MR) is 101 cm³/mol. The molecule has 0 atom stereocenters. The second kappa shape index (κ2) is 7.98. The number of benzene rings is 2. The van der Waals surface area contributed by atoms with Gasteiger partial charge in [-0.25, -0.2) is 0 Å². The van der Waals surface area contributed by atoms with Crippen molar-refractivity contribution >= 4 is 28.6 Å². The lowest BCUT2D eigenvalue weighted by Gasteiger charge is -2.09. The Morgan fingerprint density at radius 3 is 2.72 bits per heavy atom. The first-order valence-corrected chi connectivity index (χ1v) is 9.03. The van der Waals surface area contributed by atoms with Crippen LogP contribution in [0.5, 0.6) is 0 Å². The van der Waals surface area contributed by atoms with Crippen LogP contribution < -0.4 is 10.7 Å². The highest BCUT2D eigenvalue weighted by molar-refractivity contribution is 7.99. The third-order valence-corrected chi connectivity index (χ3v) is 4.78. The number of aryl methyl sites for hydroxylation is 1. The number of rotatable bonds is 6. The number of nitrogens with zero attached hydrogens (tertiary/aromatic N) is 2. The van der Waals surface area contributed by atoms with Crippen LogP contribution >= 0.6 is 11.8 Å². The first-order valence-electron chi connectivity index (χ1n) is 8.04. The Hall–Kier alpha value is -2.60. The van der Waals surface area contributed by atoms with E-state index in [4.69, 9.17) is 0 Å². The van der Waals surface area contributed by atoms with E-state index < -0.39 is 0 Å². The minimum absolute atomic E-state index is 0.0932. The molecule has 0 radical (unpaired) electrons. The lowest BCUT2D eigenvalue weighted by atomic mass is 10.2. The highest BCUT2D eigenvalue weighted by atomic mass is 32.2. The number of para-hydroxylation sites is 1. The summed E-state index contributed by atoms with van der Waals surface area (Å²) in [7, 11) is 0. The summed E-state index contributed by atoms with van der Waals surface area (Å²) >= 11 is 1.70. The molecule has 128 valence electrons. The number of hydrogen-bond acceptors (Lipinski definition) is 4. The average Bonchev–Trinajstić information content (AvgIpc) is 2.63. The minimum atomic E-state index is -0.137. The van der Waals surface area contributed by atoms with Crippen molar-refractivity contribution in [3.05, 3.63) is 70.5 Å². The zero-order valence-electron chi connectivity index (χ0n) is 13.9. The lowest BCUT2D eigenvalue weighted by Crippen LogP contribution is -2.30. The van der Waals surface area contributed by atoms with Crippen molar-refractivity contribution in [2.24, 2.45) is 0 Å². The standard InChI is InChI=1S/C19H19N3O2S/c1-14-6-8-15(9-7-14)25-11-10-20-19(24)13-22-17-5-3-2-4-16(17)18(23)12-21-22/h2-9,12H,10-11,13H2,1H3,(H,20,24). The van der Waals surface area contributed by atoms with Gasteiger partial charge in [-0.2, -0.15) is 5.10 Å². The van der Waals surface area contributed by atoms with Crippen LogP contribution in [0.2, 0.25) is 0 Å². The van der Waals surface area contributed by atoms with Gasteiger partial charge in [-0.1, -0.05) is 29.8 Å². The minimum Gasteiger partial charge on any atom is -0.354 e. The maximum absolute atomic E-state index is 12.1. The first kappa shape index (κ1) is 17.2. The van der Waals surface area contributed by atoms with Crippen LogP contribution in [0, 0.1) is 6.92 Å². The van der Waals surface area contributed by atoms with Crippen LogP contribution in [0.1, 0.15) is 5.56 Å². The summed E-state index contributed by atoms with van der Waals surface area (Å²) in [5.41, 5.74) is 1.76. The second-order valence-electron chi connectivity index (χ2n) is 5.70. The van der Waals surface area contributed by atoms with Crippen molar-refractivity contribution in [2.75, 3.05) is 12.3 Å². The van der Waals surface area contributed by atoms with Crippen LogP contribution in [0.4, 0.5) is 0 Å². The van der Waals surface area contributed by atoms with Crippen molar-refractivity contribution in [1.29, 1.82) is 0 Å². The maximum atomic E-state index is 12.1. The lowest BCUT2D eigenvalue weighted by molar-refractivity contribution is -0.121. The molecular formula is C19H19N3O2S. The molecule has 25 heavy (non-hydrogen) atoms. The number of carbonyl (C=O) groups is 1. The summed E-state index contributed by atoms with van der Waals surface area (Å²) < 4.78 is 1.55.